The first-order valence-corrected chi connectivity index (χ1v) is 6.42. The zero-order chi connectivity index (χ0) is 13.4. The van der Waals surface area contributed by atoms with Crippen molar-refractivity contribution in [1.29, 1.82) is 0 Å². The van der Waals surface area contributed by atoms with Crippen LogP contribution in [0.15, 0.2) is 11.2 Å². The van der Waals surface area contributed by atoms with Crippen LogP contribution >= 0.6 is 11.8 Å². The molecule has 0 aromatic rings. The van der Waals surface area contributed by atoms with Crippen LogP contribution in [0.1, 0.15) is 20.3 Å². The topological polar surface area (TPSA) is 81.5 Å². The zero-order valence-electron chi connectivity index (χ0n) is 10.4. The van der Waals surface area contributed by atoms with Crippen LogP contribution in [0.3, 0.4) is 0 Å². The van der Waals surface area contributed by atoms with Gasteiger partial charge in [0.2, 0.25) is 0 Å². The fourth-order valence-corrected chi connectivity index (χ4v) is 1.63. The van der Waals surface area contributed by atoms with Crippen LogP contribution in [0.2, 0.25) is 0 Å². The Balaban J connectivity index is 4.84. The standard InChI is InChI=1S/C10H18N2O4S/c1-5-7(2)9(10(13)16-3)11-8(17-4)6-12(14)15/h6-7,9,11H,5H2,1-4H3/b8-6+/t7-,9-/m0/s1. The predicted octanol–water partition coefficient (Wildman–Crippen LogP) is 1.60. The van der Waals surface area contributed by atoms with E-state index in [9.17, 15) is 14.9 Å². The third-order valence-electron chi connectivity index (χ3n) is 2.41. The molecule has 0 heterocycles. The second kappa shape index (κ2) is 7.94. The maximum Gasteiger partial charge on any atom is 0.328 e. The fourth-order valence-electron chi connectivity index (χ4n) is 1.19. The molecular weight excluding hydrogens is 244 g/mol. The van der Waals surface area contributed by atoms with Crippen molar-refractivity contribution in [3.05, 3.63) is 21.3 Å². The van der Waals surface area contributed by atoms with Crippen molar-refractivity contribution in [1.82, 2.24) is 5.32 Å². The van der Waals surface area contributed by atoms with E-state index in [2.05, 4.69) is 10.1 Å². The molecule has 0 saturated heterocycles. The fraction of sp³-hybridized carbons (Fsp3) is 0.700. The summed E-state index contributed by atoms with van der Waals surface area (Å²) in [6, 6.07) is -0.566. The molecule has 0 radical (unpaired) electrons. The summed E-state index contributed by atoms with van der Waals surface area (Å²) in [6.45, 7) is 3.83. The largest absolute Gasteiger partial charge is 0.467 e. The number of nitrogens with one attached hydrogen (secondary N) is 1. The minimum Gasteiger partial charge on any atom is -0.467 e. The summed E-state index contributed by atoms with van der Waals surface area (Å²) in [6.07, 6.45) is 3.32. The Morgan fingerprint density at radius 2 is 2.24 bits per heavy atom. The van der Waals surface area contributed by atoms with Crippen LogP contribution in [0.25, 0.3) is 0 Å². The monoisotopic (exact) mass is 262 g/mol. The lowest BCUT2D eigenvalue weighted by atomic mass is 9.99. The number of carbonyl (C=O) groups excluding carboxylic acids is 1. The Hall–Kier alpha value is -1.24. The van der Waals surface area contributed by atoms with E-state index in [0.29, 0.717) is 5.03 Å². The maximum absolute atomic E-state index is 11.6. The number of rotatable bonds is 7. The van der Waals surface area contributed by atoms with Gasteiger partial charge in [0.25, 0.3) is 6.20 Å². The Morgan fingerprint density at radius 1 is 1.65 bits per heavy atom. The first-order chi connectivity index (χ1) is 7.96. The lowest BCUT2D eigenvalue weighted by molar-refractivity contribution is -0.403. The van der Waals surface area contributed by atoms with E-state index in [1.54, 1.807) is 6.26 Å². The SMILES string of the molecule is CC[C@H](C)[C@H](N/C(=C\[N+](=O)[O-])SC)C(=O)OC. The van der Waals surface area contributed by atoms with Crippen molar-refractivity contribution in [3.63, 3.8) is 0 Å². The minimum atomic E-state index is -0.566. The van der Waals surface area contributed by atoms with Gasteiger partial charge in [-0.3, -0.25) is 10.1 Å². The smallest absolute Gasteiger partial charge is 0.328 e. The summed E-state index contributed by atoms with van der Waals surface area (Å²) in [5.41, 5.74) is 0. The lowest BCUT2D eigenvalue weighted by Gasteiger charge is -2.22. The molecule has 7 heteroatoms. The third kappa shape index (κ3) is 5.58. The molecule has 0 aliphatic carbocycles. The van der Waals surface area contributed by atoms with Gasteiger partial charge in [-0.2, -0.15) is 0 Å². The van der Waals surface area contributed by atoms with Crippen molar-refractivity contribution < 1.29 is 14.5 Å². The summed E-state index contributed by atoms with van der Waals surface area (Å²) in [5, 5.41) is 13.6. The van der Waals surface area contributed by atoms with Crippen molar-refractivity contribution in [2.75, 3.05) is 13.4 Å². The van der Waals surface area contributed by atoms with Gasteiger partial charge in [-0.05, 0) is 12.2 Å². The zero-order valence-corrected chi connectivity index (χ0v) is 11.2. The molecule has 17 heavy (non-hydrogen) atoms. The highest BCUT2D eigenvalue weighted by Gasteiger charge is 2.25. The van der Waals surface area contributed by atoms with E-state index in [4.69, 9.17) is 0 Å². The molecule has 0 saturated carbocycles. The molecule has 6 nitrogen and oxygen atoms in total. The number of methoxy groups -OCH3 is 1. The van der Waals surface area contributed by atoms with Gasteiger partial charge in [-0.25, -0.2) is 4.79 Å². The van der Waals surface area contributed by atoms with E-state index in [1.807, 2.05) is 13.8 Å². The maximum atomic E-state index is 11.6. The second-order valence-corrected chi connectivity index (χ2v) is 4.36. The quantitative estimate of drug-likeness (QED) is 0.426. The van der Waals surface area contributed by atoms with Crippen molar-refractivity contribution in [2.24, 2.45) is 5.92 Å². The highest BCUT2D eigenvalue weighted by Crippen LogP contribution is 2.15. The Labute approximate surface area is 105 Å². The van der Waals surface area contributed by atoms with Gasteiger partial charge in [0, 0.05) is 0 Å². The lowest BCUT2D eigenvalue weighted by Crippen LogP contribution is -2.41. The number of carbonyl (C=O) groups is 1. The van der Waals surface area contributed by atoms with Crippen LogP contribution in [0.5, 0.6) is 0 Å². The molecule has 0 bridgehead atoms. The van der Waals surface area contributed by atoms with E-state index in [-0.39, 0.29) is 5.92 Å². The number of thioether (sulfide) groups is 1. The number of nitrogens with zero attached hydrogens (tertiary/aromatic N) is 1. The molecule has 0 aliphatic rings. The van der Waals surface area contributed by atoms with Crippen LogP contribution in [0.4, 0.5) is 0 Å². The molecule has 0 aliphatic heterocycles. The van der Waals surface area contributed by atoms with E-state index in [1.165, 1.54) is 18.9 Å². The summed E-state index contributed by atoms with van der Waals surface area (Å²) in [4.78, 5) is 21.4. The van der Waals surface area contributed by atoms with Crippen LogP contribution in [-0.4, -0.2) is 30.3 Å². The Morgan fingerprint density at radius 3 is 2.59 bits per heavy atom. The molecule has 1 N–H and O–H groups in total. The van der Waals surface area contributed by atoms with Gasteiger partial charge in [0.05, 0.1) is 12.0 Å². The summed E-state index contributed by atoms with van der Waals surface area (Å²) < 4.78 is 4.68. The summed E-state index contributed by atoms with van der Waals surface area (Å²) in [5.74, 6) is -0.382. The summed E-state index contributed by atoms with van der Waals surface area (Å²) >= 11 is 1.18. The molecule has 0 amide bonds. The Kier molecular flexibility index (Phi) is 7.36. The van der Waals surface area contributed by atoms with Crippen molar-refractivity contribution in [2.45, 2.75) is 26.3 Å². The van der Waals surface area contributed by atoms with E-state index < -0.39 is 16.9 Å². The summed E-state index contributed by atoms with van der Waals surface area (Å²) in [7, 11) is 1.30. The normalized spacial score (nSPS) is 14.9. The van der Waals surface area contributed by atoms with Crippen LogP contribution in [-0.2, 0) is 9.53 Å². The van der Waals surface area contributed by atoms with Crippen LogP contribution < -0.4 is 5.32 Å². The van der Waals surface area contributed by atoms with Gasteiger partial charge in [0.15, 0.2) is 0 Å². The van der Waals surface area contributed by atoms with Gasteiger partial charge >= 0.3 is 5.97 Å². The molecule has 0 spiro atoms. The molecule has 0 fully saturated rings. The van der Waals surface area contributed by atoms with Crippen molar-refractivity contribution in [3.8, 4) is 0 Å². The van der Waals surface area contributed by atoms with Crippen molar-refractivity contribution >= 4 is 17.7 Å². The number of esters is 1. The average molecular weight is 262 g/mol. The minimum absolute atomic E-state index is 0.0322. The molecule has 0 aromatic carbocycles. The molecule has 0 aromatic heterocycles. The molecule has 98 valence electrons. The first-order valence-electron chi connectivity index (χ1n) is 5.19. The highest BCUT2D eigenvalue weighted by molar-refractivity contribution is 8.02. The number of hydrogen-bond donors (Lipinski definition) is 1. The van der Waals surface area contributed by atoms with Gasteiger partial charge < -0.3 is 10.1 Å². The van der Waals surface area contributed by atoms with Gasteiger partial charge in [0.1, 0.15) is 11.1 Å². The third-order valence-corrected chi connectivity index (χ3v) is 3.07. The van der Waals surface area contributed by atoms with Crippen LogP contribution in [0, 0.1) is 16.0 Å². The molecule has 2 atom stereocenters. The van der Waals surface area contributed by atoms with Gasteiger partial charge in [-0.15, -0.1) is 11.8 Å². The predicted molar refractivity (Wildman–Crippen MR) is 67.0 cm³/mol. The molecule has 0 unspecified atom stereocenters. The number of hydrogen-bond acceptors (Lipinski definition) is 6. The number of ether oxygens (including phenoxy) is 1. The molecule has 0 rings (SSSR count). The van der Waals surface area contributed by atoms with E-state index >= 15 is 0 Å². The highest BCUT2D eigenvalue weighted by atomic mass is 32.2. The van der Waals surface area contributed by atoms with Gasteiger partial charge in [-0.1, -0.05) is 20.3 Å². The average Bonchev–Trinajstić information content (AvgIpc) is 2.31. The molecular formula is C10H18N2O4S. The first kappa shape index (κ1) is 15.8. The van der Waals surface area contributed by atoms with E-state index in [0.717, 1.165) is 12.6 Å². The Bertz CT molecular complexity index is 307. The second-order valence-electron chi connectivity index (χ2n) is 3.51. The number of nitro groups is 1.